The van der Waals surface area contributed by atoms with E-state index in [1.807, 2.05) is 0 Å². The first-order chi connectivity index (χ1) is 28.2. The molecule has 18 heteroatoms. The Hall–Kier alpha value is -6.59. The van der Waals surface area contributed by atoms with Gasteiger partial charge in [-0.3, -0.25) is 19.5 Å². The lowest BCUT2D eigenvalue weighted by molar-refractivity contribution is -0.134. The summed E-state index contributed by atoms with van der Waals surface area (Å²) in [6.45, 7) is 20.9. The Bertz CT molecular complexity index is 2340. The van der Waals surface area contributed by atoms with Gasteiger partial charge in [-0.2, -0.15) is 0 Å². The van der Waals surface area contributed by atoms with Crippen LogP contribution in [0.3, 0.4) is 0 Å². The summed E-state index contributed by atoms with van der Waals surface area (Å²) >= 11 is 0. The average Bonchev–Trinajstić information content (AvgIpc) is 3.63. The summed E-state index contributed by atoms with van der Waals surface area (Å²) in [5.41, 5.74) is -3.58. The Balaban J connectivity index is 1.96. The fourth-order valence-electron chi connectivity index (χ4n) is 6.05. The van der Waals surface area contributed by atoms with Gasteiger partial charge >= 0.3 is 24.1 Å². The van der Waals surface area contributed by atoms with E-state index >= 15 is 0 Å². The van der Waals surface area contributed by atoms with Crippen LogP contribution in [0.4, 0.5) is 15.4 Å². The Morgan fingerprint density at radius 1 is 0.852 bits per heavy atom. The highest BCUT2D eigenvalue weighted by atomic mass is 16.6. The Labute approximate surface area is 354 Å². The molecule has 4 rings (SSSR count). The molecular formula is C43H55N7O11. The molecule has 3 aromatic heterocycles. The van der Waals surface area contributed by atoms with Crippen LogP contribution >= 0.6 is 0 Å². The summed E-state index contributed by atoms with van der Waals surface area (Å²) < 4.78 is 23.6. The Morgan fingerprint density at radius 3 is 1.97 bits per heavy atom. The van der Waals surface area contributed by atoms with Crippen molar-refractivity contribution in [1.82, 2.24) is 29.5 Å². The van der Waals surface area contributed by atoms with Crippen molar-refractivity contribution in [1.29, 1.82) is 0 Å². The summed E-state index contributed by atoms with van der Waals surface area (Å²) in [6, 6.07) is 8.25. The number of esters is 2. The molecule has 2 N–H and O–H groups in total. The first-order valence-electron chi connectivity index (χ1n) is 19.7. The number of nitrogens with one attached hydrogen (secondary N) is 1. The molecule has 3 heterocycles. The lowest BCUT2D eigenvalue weighted by Crippen LogP contribution is -2.42. The molecule has 0 saturated carbocycles. The zero-order valence-corrected chi connectivity index (χ0v) is 37.0. The number of nitrogens with zero attached hydrogens (tertiary/aromatic N) is 6. The molecule has 0 bridgehead atoms. The minimum Gasteiger partial charge on any atom is -0.465 e. The zero-order valence-electron chi connectivity index (χ0n) is 37.0. The number of anilines is 1. The van der Waals surface area contributed by atoms with Gasteiger partial charge in [-0.1, -0.05) is 29.4 Å². The van der Waals surface area contributed by atoms with Crippen molar-refractivity contribution in [3.05, 3.63) is 69.8 Å². The number of benzene rings is 1. The van der Waals surface area contributed by atoms with Gasteiger partial charge in [-0.25, -0.2) is 29.1 Å². The second-order valence-electron chi connectivity index (χ2n) is 17.2. The quantitative estimate of drug-likeness (QED) is 0.105. The van der Waals surface area contributed by atoms with E-state index in [0.29, 0.717) is 24.3 Å². The number of hydrogen-bond acceptors (Lipinski definition) is 13. The molecule has 0 aliphatic carbocycles. The summed E-state index contributed by atoms with van der Waals surface area (Å²) in [4.78, 5) is 92.7. The van der Waals surface area contributed by atoms with Crippen molar-refractivity contribution in [2.24, 2.45) is 0 Å². The van der Waals surface area contributed by atoms with E-state index in [9.17, 15) is 33.9 Å². The third-order valence-electron chi connectivity index (χ3n) is 8.66. The summed E-state index contributed by atoms with van der Waals surface area (Å²) in [5.74, 6) is -2.92. The molecule has 4 aromatic rings. The monoisotopic (exact) mass is 845 g/mol. The maximum Gasteiger partial charge on any atom is 0.410 e. The number of hydrogen-bond donors (Lipinski definition) is 2. The highest BCUT2D eigenvalue weighted by molar-refractivity contribution is 6.05. The van der Waals surface area contributed by atoms with Gasteiger partial charge in [0.1, 0.15) is 34.2 Å². The summed E-state index contributed by atoms with van der Waals surface area (Å²) in [5, 5.41) is 16.1. The molecule has 328 valence electrons. The molecule has 61 heavy (non-hydrogen) atoms. The van der Waals surface area contributed by atoms with Crippen LogP contribution in [-0.4, -0.2) is 102 Å². The highest BCUT2D eigenvalue weighted by Gasteiger charge is 2.36. The van der Waals surface area contributed by atoms with Crippen LogP contribution in [0.2, 0.25) is 0 Å². The van der Waals surface area contributed by atoms with Gasteiger partial charge in [-0.15, -0.1) is 0 Å². The second kappa shape index (κ2) is 18.4. The molecule has 0 aliphatic rings. The Kier molecular flexibility index (Phi) is 14.2. The van der Waals surface area contributed by atoms with Crippen molar-refractivity contribution >= 4 is 35.9 Å². The fourth-order valence-corrected chi connectivity index (χ4v) is 6.05. The fraction of sp³-hybridized carbons (Fsp3) is 0.465. The van der Waals surface area contributed by atoms with Crippen LogP contribution in [-0.2, 0) is 25.5 Å². The van der Waals surface area contributed by atoms with Gasteiger partial charge in [0.25, 0.3) is 5.56 Å². The molecule has 0 aliphatic heterocycles. The number of rotatable bonds is 12. The minimum absolute atomic E-state index is 0.0714. The number of aromatic nitrogens is 4. The van der Waals surface area contributed by atoms with Crippen LogP contribution in [0.25, 0.3) is 34.0 Å². The number of carbonyl (C=O) groups excluding carboxylic acids is 4. The third-order valence-corrected chi connectivity index (χ3v) is 8.66. The number of carbonyl (C=O) groups is 5. The lowest BCUT2D eigenvalue weighted by atomic mass is 10.00. The maximum atomic E-state index is 14.4. The first-order valence-corrected chi connectivity index (χ1v) is 19.7. The number of amides is 3. The predicted molar refractivity (Wildman–Crippen MR) is 225 cm³/mol. The van der Waals surface area contributed by atoms with Gasteiger partial charge in [0.2, 0.25) is 5.91 Å². The van der Waals surface area contributed by atoms with Crippen molar-refractivity contribution < 1.29 is 47.8 Å². The van der Waals surface area contributed by atoms with Gasteiger partial charge in [0, 0.05) is 49.9 Å². The molecule has 1 aromatic carbocycles. The zero-order chi connectivity index (χ0) is 45.8. The highest BCUT2D eigenvalue weighted by Crippen LogP contribution is 2.35. The third kappa shape index (κ3) is 12.0. The van der Waals surface area contributed by atoms with Crippen LogP contribution in [0.5, 0.6) is 0 Å². The number of likely N-dealkylation sites (N-methyl/N-ethyl adjacent to an activating group) is 1. The number of pyridine rings is 1. The van der Waals surface area contributed by atoms with Gasteiger partial charge in [0.15, 0.2) is 17.3 Å². The topological polar surface area (TPSA) is 226 Å². The molecular weight excluding hydrogens is 791 g/mol. The van der Waals surface area contributed by atoms with E-state index < -0.39 is 69.7 Å². The first kappa shape index (κ1) is 47.1. The molecule has 1 atom stereocenters. The second-order valence-corrected chi connectivity index (χ2v) is 17.2. The molecule has 0 saturated heterocycles. The van der Waals surface area contributed by atoms with E-state index in [0.717, 1.165) is 22.4 Å². The van der Waals surface area contributed by atoms with E-state index in [-0.39, 0.29) is 35.1 Å². The van der Waals surface area contributed by atoms with Crippen molar-refractivity contribution in [3.8, 4) is 34.0 Å². The van der Waals surface area contributed by atoms with E-state index in [4.69, 9.17) is 18.7 Å². The van der Waals surface area contributed by atoms with Crippen molar-refractivity contribution in [3.63, 3.8) is 0 Å². The summed E-state index contributed by atoms with van der Waals surface area (Å²) in [6.07, 6.45) is -0.872. The summed E-state index contributed by atoms with van der Waals surface area (Å²) in [7, 11) is 1.62. The van der Waals surface area contributed by atoms with E-state index in [2.05, 4.69) is 20.4 Å². The standard InChI is InChI=1S/C43H55N7O11/c1-14-49(15-2)36(52)24(3)50-31(51)20-27(37(53)58-41(4,5)6)32(34(50)38(54)59-42(7,8)9)29-22-44-35(46-39(55)56)33(45-29)30-21-28(47-61-30)26-18-16-25(17-19-26)23-48(13)40(57)60-43(10,11)12/h16-22,24H,14-15,23H2,1-13H3,(H,44,46)(H,55,56). The lowest BCUT2D eigenvalue weighted by Gasteiger charge is -2.28. The van der Waals surface area contributed by atoms with Crippen LogP contribution in [0, 0.1) is 0 Å². The molecule has 0 spiro atoms. The largest absolute Gasteiger partial charge is 0.465 e. The normalized spacial score (nSPS) is 12.3. The average molecular weight is 846 g/mol. The maximum absolute atomic E-state index is 14.4. The van der Waals surface area contributed by atoms with Crippen molar-refractivity contribution in [2.45, 2.75) is 112 Å². The smallest absolute Gasteiger partial charge is 0.410 e. The molecule has 18 nitrogen and oxygen atoms in total. The minimum atomic E-state index is -1.49. The SMILES string of the molecule is CCN(CC)C(=O)C(C)n1c(C(=O)OC(C)(C)C)c(-c2cnc(NC(=O)O)c(-c3cc(-c4ccc(CN(C)C(=O)OC(C)(C)C)cc4)no3)n2)c(C(=O)OC(C)(C)C)cc1=O. The molecule has 1 unspecified atom stereocenters. The number of ether oxygens (including phenoxy) is 3. The van der Waals surface area contributed by atoms with E-state index in [1.54, 1.807) is 107 Å². The molecule has 3 amide bonds. The van der Waals surface area contributed by atoms with Gasteiger partial charge in [-0.05, 0) is 88.6 Å². The number of carboxylic acid groups (broad SMARTS) is 1. The molecule has 0 radical (unpaired) electrons. The van der Waals surface area contributed by atoms with Crippen LogP contribution in [0.15, 0.2) is 51.9 Å². The predicted octanol–water partition coefficient (Wildman–Crippen LogP) is 7.42. The van der Waals surface area contributed by atoms with Gasteiger partial charge < -0.3 is 33.6 Å². The molecule has 0 fully saturated rings. The van der Waals surface area contributed by atoms with Crippen LogP contribution in [0.1, 0.15) is 116 Å². The van der Waals surface area contributed by atoms with E-state index in [1.165, 1.54) is 22.8 Å². The van der Waals surface area contributed by atoms with Crippen molar-refractivity contribution in [2.75, 3.05) is 25.5 Å². The van der Waals surface area contributed by atoms with Crippen LogP contribution < -0.4 is 10.9 Å². The van der Waals surface area contributed by atoms with Gasteiger partial charge in [0.05, 0.1) is 17.5 Å². The Morgan fingerprint density at radius 2 is 1.43 bits per heavy atom.